The van der Waals surface area contributed by atoms with Crippen molar-refractivity contribution >= 4 is 5.91 Å². The Kier molecular flexibility index (Phi) is 4.33. The molecule has 0 unspecified atom stereocenters. The summed E-state index contributed by atoms with van der Waals surface area (Å²) in [6.07, 6.45) is 0.510. The second-order valence-corrected chi connectivity index (χ2v) is 4.73. The van der Waals surface area contributed by atoms with Gasteiger partial charge < -0.3 is 9.73 Å². The van der Waals surface area contributed by atoms with Crippen LogP contribution in [0.25, 0.3) is 0 Å². The fourth-order valence-electron chi connectivity index (χ4n) is 1.46. The van der Waals surface area contributed by atoms with E-state index in [4.69, 9.17) is 9.68 Å². The molecular weight excluding hydrogens is 216 g/mol. The Balaban J connectivity index is 2.50. The molecule has 1 heterocycles. The average Bonchev–Trinajstić information content (AvgIpc) is 2.71. The molecular formula is C13H18N2O2. The summed E-state index contributed by atoms with van der Waals surface area (Å²) in [5.74, 6) is 1.63. The predicted octanol–water partition coefficient (Wildman–Crippen LogP) is 2.29. The Bertz CT molecular complexity index is 427. The van der Waals surface area contributed by atoms with Crippen molar-refractivity contribution in [1.82, 2.24) is 5.32 Å². The molecule has 92 valence electrons. The van der Waals surface area contributed by atoms with E-state index in [1.54, 1.807) is 0 Å². The van der Waals surface area contributed by atoms with Crippen molar-refractivity contribution < 1.29 is 9.21 Å². The molecule has 0 spiro atoms. The first kappa shape index (κ1) is 13.3. The van der Waals surface area contributed by atoms with Crippen molar-refractivity contribution in [1.29, 1.82) is 5.26 Å². The van der Waals surface area contributed by atoms with E-state index in [1.807, 2.05) is 39.0 Å². The third kappa shape index (κ3) is 3.95. The van der Waals surface area contributed by atoms with Gasteiger partial charge in [0.25, 0.3) is 0 Å². The number of rotatable bonds is 5. The first-order valence-electron chi connectivity index (χ1n) is 5.66. The highest BCUT2D eigenvalue weighted by atomic mass is 16.3. The lowest BCUT2D eigenvalue weighted by Gasteiger charge is -2.22. The maximum absolute atomic E-state index is 11.4. The highest BCUT2D eigenvalue weighted by Gasteiger charge is 2.24. The third-order valence-electron chi connectivity index (χ3n) is 2.60. The highest BCUT2D eigenvalue weighted by Crippen LogP contribution is 2.24. The molecule has 1 rings (SSSR count). The molecule has 0 saturated carbocycles. The van der Waals surface area contributed by atoms with E-state index in [0.29, 0.717) is 6.54 Å². The van der Waals surface area contributed by atoms with Crippen LogP contribution in [-0.2, 0) is 10.2 Å². The molecule has 0 fully saturated rings. The molecule has 0 aromatic carbocycles. The van der Waals surface area contributed by atoms with Gasteiger partial charge in [0.1, 0.15) is 11.5 Å². The van der Waals surface area contributed by atoms with E-state index < -0.39 is 0 Å². The lowest BCUT2D eigenvalue weighted by Crippen LogP contribution is -2.36. The first-order valence-corrected chi connectivity index (χ1v) is 5.66. The number of aryl methyl sites for hydroxylation is 1. The van der Waals surface area contributed by atoms with Crippen LogP contribution in [0.1, 0.15) is 38.2 Å². The van der Waals surface area contributed by atoms with Gasteiger partial charge in [-0.1, -0.05) is 13.8 Å². The van der Waals surface area contributed by atoms with Gasteiger partial charge in [-0.15, -0.1) is 0 Å². The second kappa shape index (κ2) is 5.53. The van der Waals surface area contributed by atoms with E-state index in [-0.39, 0.29) is 24.2 Å². The summed E-state index contributed by atoms with van der Waals surface area (Å²) in [5, 5.41) is 11.2. The molecule has 0 atom stereocenters. The van der Waals surface area contributed by atoms with Crippen LogP contribution in [0.3, 0.4) is 0 Å². The van der Waals surface area contributed by atoms with Crippen molar-refractivity contribution in [2.75, 3.05) is 6.54 Å². The minimum absolute atomic E-state index is 0.0945. The lowest BCUT2D eigenvalue weighted by atomic mass is 9.90. The third-order valence-corrected chi connectivity index (χ3v) is 2.60. The molecule has 0 aliphatic heterocycles. The van der Waals surface area contributed by atoms with Crippen molar-refractivity contribution in [3.8, 4) is 6.07 Å². The van der Waals surface area contributed by atoms with Crippen molar-refractivity contribution in [3.05, 3.63) is 23.7 Å². The van der Waals surface area contributed by atoms with Gasteiger partial charge in [0, 0.05) is 24.8 Å². The molecule has 0 bridgehead atoms. The zero-order valence-electron chi connectivity index (χ0n) is 10.5. The van der Waals surface area contributed by atoms with Gasteiger partial charge in [0.05, 0.1) is 6.07 Å². The molecule has 0 radical (unpaired) electrons. The SMILES string of the molecule is Cc1ccc(C(C)(C)CNC(=O)CCC#N)o1. The number of hydrogen-bond acceptors (Lipinski definition) is 3. The van der Waals surface area contributed by atoms with Crippen molar-refractivity contribution in [2.24, 2.45) is 0 Å². The summed E-state index contributed by atoms with van der Waals surface area (Å²) in [5.41, 5.74) is -0.240. The van der Waals surface area contributed by atoms with Crippen LogP contribution in [0, 0.1) is 18.3 Å². The van der Waals surface area contributed by atoms with Crippen LogP contribution in [0.15, 0.2) is 16.5 Å². The van der Waals surface area contributed by atoms with E-state index in [0.717, 1.165) is 11.5 Å². The molecule has 4 heteroatoms. The van der Waals surface area contributed by atoms with Gasteiger partial charge >= 0.3 is 0 Å². The topological polar surface area (TPSA) is 66.0 Å². The molecule has 0 aliphatic carbocycles. The summed E-state index contributed by atoms with van der Waals surface area (Å²) in [4.78, 5) is 11.4. The van der Waals surface area contributed by atoms with Gasteiger partial charge in [-0.2, -0.15) is 5.26 Å². The molecule has 4 nitrogen and oxygen atoms in total. The Labute approximate surface area is 102 Å². The predicted molar refractivity (Wildman–Crippen MR) is 64.3 cm³/mol. The van der Waals surface area contributed by atoms with Crippen molar-refractivity contribution in [2.45, 2.75) is 39.0 Å². The van der Waals surface area contributed by atoms with Gasteiger partial charge in [0.15, 0.2) is 0 Å². The number of hydrogen-bond donors (Lipinski definition) is 1. The fourth-order valence-corrected chi connectivity index (χ4v) is 1.46. The highest BCUT2D eigenvalue weighted by molar-refractivity contribution is 5.76. The molecule has 1 aromatic rings. The summed E-state index contributed by atoms with van der Waals surface area (Å²) < 4.78 is 5.56. The summed E-state index contributed by atoms with van der Waals surface area (Å²) >= 11 is 0. The van der Waals surface area contributed by atoms with Gasteiger partial charge in [-0.3, -0.25) is 4.79 Å². The number of carbonyl (C=O) groups is 1. The quantitative estimate of drug-likeness (QED) is 0.850. The Morgan fingerprint density at radius 2 is 2.24 bits per heavy atom. The van der Waals surface area contributed by atoms with Crippen molar-refractivity contribution in [3.63, 3.8) is 0 Å². The fraction of sp³-hybridized carbons (Fsp3) is 0.538. The van der Waals surface area contributed by atoms with E-state index in [9.17, 15) is 4.79 Å². The lowest BCUT2D eigenvalue weighted by molar-refractivity contribution is -0.121. The molecule has 1 aromatic heterocycles. The summed E-state index contributed by atoms with van der Waals surface area (Å²) in [6, 6.07) is 5.79. The van der Waals surface area contributed by atoms with Crippen LogP contribution in [0.5, 0.6) is 0 Å². The van der Waals surface area contributed by atoms with E-state index in [2.05, 4.69) is 5.32 Å². The monoisotopic (exact) mass is 234 g/mol. The number of nitrogens with one attached hydrogen (secondary N) is 1. The summed E-state index contributed by atoms with van der Waals surface area (Å²) in [6.45, 7) is 6.42. The summed E-state index contributed by atoms with van der Waals surface area (Å²) in [7, 11) is 0. The van der Waals surface area contributed by atoms with Crippen LogP contribution in [0.2, 0.25) is 0 Å². The number of amides is 1. The molecule has 1 N–H and O–H groups in total. The van der Waals surface area contributed by atoms with Gasteiger partial charge in [-0.05, 0) is 19.1 Å². The van der Waals surface area contributed by atoms with Crippen LogP contribution in [0.4, 0.5) is 0 Å². The standard InChI is InChI=1S/C13H18N2O2/c1-10-6-7-11(17-10)13(2,3)9-15-12(16)5-4-8-14/h6-7H,4-5,9H2,1-3H3,(H,15,16). The largest absolute Gasteiger partial charge is 0.466 e. The minimum atomic E-state index is -0.240. The maximum Gasteiger partial charge on any atom is 0.221 e. The minimum Gasteiger partial charge on any atom is -0.466 e. The zero-order chi connectivity index (χ0) is 12.9. The molecule has 0 aliphatic rings. The van der Waals surface area contributed by atoms with Crippen LogP contribution in [-0.4, -0.2) is 12.5 Å². The van der Waals surface area contributed by atoms with Crippen LogP contribution < -0.4 is 5.32 Å². The van der Waals surface area contributed by atoms with Crippen LogP contribution >= 0.6 is 0 Å². The average molecular weight is 234 g/mol. The normalized spacial score (nSPS) is 10.9. The Hall–Kier alpha value is -1.76. The van der Waals surface area contributed by atoms with E-state index >= 15 is 0 Å². The van der Waals surface area contributed by atoms with Gasteiger partial charge in [0.2, 0.25) is 5.91 Å². The molecule has 17 heavy (non-hydrogen) atoms. The number of nitrogens with zero attached hydrogens (tertiary/aromatic N) is 1. The smallest absolute Gasteiger partial charge is 0.221 e. The second-order valence-electron chi connectivity index (χ2n) is 4.73. The Morgan fingerprint density at radius 3 is 2.76 bits per heavy atom. The molecule has 0 saturated heterocycles. The van der Waals surface area contributed by atoms with E-state index in [1.165, 1.54) is 0 Å². The first-order chi connectivity index (χ1) is 7.95. The zero-order valence-corrected chi connectivity index (χ0v) is 10.5. The number of furan rings is 1. The number of nitriles is 1. The number of carbonyl (C=O) groups excluding carboxylic acids is 1. The Morgan fingerprint density at radius 1 is 1.53 bits per heavy atom. The molecule has 1 amide bonds. The van der Waals surface area contributed by atoms with Gasteiger partial charge in [-0.25, -0.2) is 0 Å². The maximum atomic E-state index is 11.4.